The van der Waals surface area contributed by atoms with Gasteiger partial charge in [-0.3, -0.25) is 9.36 Å². The lowest BCUT2D eigenvalue weighted by molar-refractivity contribution is -0.139. The summed E-state index contributed by atoms with van der Waals surface area (Å²) in [7, 11) is 3.07. The molecular formula is C29H25ClN2O6S. The highest BCUT2D eigenvalue weighted by atomic mass is 35.5. The Bertz CT molecular complexity index is 1780. The van der Waals surface area contributed by atoms with Gasteiger partial charge in [0.05, 0.1) is 42.7 Å². The number of fused-ring (bicyclic) bond motifs is 1. The Morgan fingerprint density at radius 1 is 1.13 bits per heavy atom. The molecule has 2 aromatic carbocycles. The minimum Gasteiger partial charge on any atom is -0.493 e. The van der Waals surface area contributed by atoms with Crippen molar-refractivity contribution in [3.63, 3.8) is 0 Å². The second-order valence-corrected chi connectivity index (χ2v) is 10.1. The van der Waals surface area contributed by atoms with Gasteiger partial charge in [0.1, 0.15) is 11.5 Å². The van der Waals surface area contributed by atoms with Crippen LogP contribution in [0.3, 0.4) is 0 Å². The van der Waals surface area contributed by atoms with E-state index in [-0.39, 0.29) is 17.7 Å². The molecule has 0 radical (unpaired) electrons. The van der Waals surface area contributed by atoms with Gasteiger partial charge in [-0.1, -0.05) is 41.1 Å². The Kier molecular flexibility index (Phi) is 7.45. The lowest BCUT2D eigenvalue weighted by Crippen LogP contribution is -2.39. The number of methoxy groups -OCH3 is 2. The van der Waals surface area contributed by atoms with Crippen LogP contribution in [-0.2, 0) is 9.53 Å². The molecule has 1 aliphatic heterocycles. The first kappa shape index (κ1) is 26.5. The van der Waals surface area contributed by atoms with Crippen molar-refractivity contribution in [2.24, 2.45) is 4.99 Å². The summed E-state index contributed by atoms with van der Waals surface area (Å²) in [6.07, 6.45) is 1.67. The molecule has 5 rings (SSSR count). The molecule has 0 saturated carbocycles. The number of hydrogen-bond acceptors (Lipinski definition) is 8. The molecule has 39 heavy (non-hydrogen) atoms. The molecular weight excluding hydrogens is 540 g/mol. The van der Waals surface area contributed by atoms with Crippen molar-refractivity contribution >= 4 is 35.0 Å². The Morgan fingerprint density at radius 2 is 1.92 bits per heavy atom. The smallest absolute Gasteiger partial charge is 0.338 e. The highest BCUT2D eigenvalue weighted by Gasteiger charge is 2.34. The molecule has 2 aromatic heterocycles. The van der Waals surface area contributed by atoms with E-state index in [1.54, 1.807) is 63.4 Å². The third-order valence-corrected chi connectivity index (χ3v) is 7.47. The largest absolute Gasteiger partial charge is 0.493 e. The number of aromatic nitrogens is 1. The zero-order chi connectivity index (χ0) is 27.7. The molecule has 0 amide bonds. The highest BCUT2D eigenvalue weighted by molar-refractivity contribution is 7.07. The zero-order valence-electron chi connectivity index (χ0n) is 21.7. The number of rotatable bonds is 7. The monoisotopic (exact) mass is 564 g/mol. The Balaban J connectivity index is 1.66. The van der Waals surface area contributed by atoms with Crippen LogP contribution in [0.25, 0.3) is 17.4 Å². The van der Waals surface area contributed by atoms with E-state index >= 15 is 0 Å². The third kappa shape index (κ3) is 5.03. The van der Waals surface area contributed by atoms with E-state index in [1.165, 1.54) is 23.0 Å². The molecule has 0 spiro atoms. The third-order valence-electron chi connectivity index (χ3n) is 6.25. The van der Waals surface area contributed by atoms with Crippen molar-refractivity contribution in [2.75, 3.05) is 20.8 Å². The molecule has 4 aromatic rings. The fraction of sp³-hybridized carbons (Fsp3) is 0.207. The van der Waals surface area contributed by atoms with E-state index in [9.17, 15) is 9.59 Å². The number of furan rings is 1. The summed E-state index contributed by atoms with van der Waals surface area (Å²) in [4.78, 5) is 32.0. The maximum Gasteiger partial charge on any atom is 0.338 e. The van der Waals surface area contributed by atoms with Crippen molar-refractivity contribution in [1.29, 1.82) is 0 Å². The minimum absolute atomic E-state index is 0.187. The number of halogens is 1. The molecule has 8 nitrogen and oxygen atoms in total. The number of hydrogen-bond donors (Lipinski definition) is 0. The minimum atomic E-state index is -0.777. The van der Waals surface area contributed by atoms with E-state index in [1.807, 2.05) is 18.2 Å². The predicted octanol–water partition coefficient (Wildman–Crippen LogP) is 4.73. The molecule has 0 saturated heterocycles. The van der Waals surface area contributed by atoms with Gasteiger partial charge in [0, 0.05) is 16.7 Å². The van der Waals surface area contributed by atoms with Crippen LogP contribution in [0.1, 0.15) is 31.2 Å². The fourth-order valence-electron chi connectivity index (χ4n) is 4.49. The number of carbonyl (C=O) groups excluding carboxylic acids is 1. The molecule has 200 valence electrons. The molecule has 1 atom stereocenters. The molecule has 0 bridgehead atoms. The van der Waals surface area contributed by atoms with E-state index in [0.29, 0.717) is 48.6 Å². The van der Waals surface area contributed by atoms with E-state index in [4.69, 9.17) is 30.2 Å². The number of benzene rings is 2. The second-order valence-electron chi connectivity index (χ2n) is 8.63. The number of carbonyl (C=O) groups is 1. The van der Waals surface area contributed by atoms with Crippen LogP contribution < -0.4 is 24.4 Å². The van der Waals surface area contributed by atoms with Crippen molar-refractivity contribution in [3.05, 3.63) is 102 Å². The van der Waals surface area contributed by atoms with Crippen LogP contribution in [-0.4, -0.2) is 31.4 Å². The van der Waals surface area contributed by atoms with E-state index in [2.05, 4.69) is 4.99 Å². The summed E-state index contributed by atoms with van der Waals surface area (Å²) >= 11 is 7.34. The first-order valence-corrected chi connectivity index (χ1v) is 13.3. The van der Waals surface area contributed by atoms with Crippen molar-refractivity contribution in [3.8, 4) is 22.8 Å². The average Bonchev–Trinajstić information content (AvgIpc) is 3.52. The number of nitrogens with zero attached hydrogens (tertiary/aromatic N) is 2. The normalized spacial score (nSPS) is 15.1. The molecule has 0 aliphatic carbocycles. The van der Waals surface area contributed by atoms with Crippen molar-refractivity contribution in [1.82, 2.24) is 4.57 Å². The van der Waals surface area contributed by atoms with Crippen molar-refractivity contribution < 1.29 is 23.4 Å². The van der Waals surface area contributed by atoms with E-state index in [0.717, 1.165) is 5.56 Å². The summed E-state index contributed by atoms with van der Waals surface area (Å²) in [5, 5.41) is 0.599. The standard InChI is InChI=1S/C29H25ClN2O6S/c1-5-37-28(34)25-16(2)31-29-32(26(25)18-9-11-22(35-3)23(14-18)36-4)27(33)24(39-29)15-20-10-12-21(38-20)17-7-6-8-19(30)13-17/h6-15,26H,5H2,1-4H3/b24-15+/t26-/m0/s1. The second kappa shape index (κ2) is 11.0. The highest BCUT2D eigenvalue weighted by Crippen LogP contribution is 2.36. The van der Waals surface area contributed by atoms with E-state index < -0.39 is 12.0 Å². The van der Waals surface area contributed by atoms with Gasteiger partial charge in [0.2, 0.25) is 0 Å². The quantitative estimate of drug-likeness (QED) is 0.301. The number of ether oxygens (including phenoxy) is 3. The summed E-state index contributed by atoms with van der Waals surface area (Å²) in [6.45, 7) is 3.66. The lowest BCUT2D eigenvalue weighted by Gasteiger charge is -2.25. The molecule has 10 heteroatoms. The van der Waals surface area contributed by atoms with Gasteiger partial charge in [-0.25, -0.2) is 9.79 Å². The molecule has 0 fully saturated rings. The fourth-order valence-corrected chi connectivity index (χ4v) is 5.70. The first-order chi connectivity index (χ1) is 18.8. The Morgan fingerprint density at radius 3 is 2.64 bits per heavy atom. The molecule has 0 unspecified atom stereocenters. The predicted molar refractivity (Wildman–Crippen MR) is 149 cm³/mol. The average molecular weight is 565 g/mol. The van der Waals surface area contributed by atoms with Gasteiger partial charge in [-0.2, -0.15) is 0 Å². The summed E-state index contributed by atoms with van der Waals surface area (Å²) in [5.41, 5.74) is 1.92. The molecule has 0 N–H and O–H groups in total. The summed E-state index contributed by atoms with van der Waals surface area (Å²) in [5.74, 6) is 1.59. The zero-order valence-corrected chi connectivity index (χ0v) is 23.3. The summed E-state index contributed by atoms with van der Waals surface area (Å²) in [6, 6.07) is 15.5. The van der Waals surface area contributed by atoms with Gasteiger partial charge in [0.25, 0.3) is 5.56 Å². The van der Waals surface area contributed by atoms with Gasteiger partial charge in [0.15, 0.2) is 16.3 Å². The lowest BCUT2D eigenvalue weighted by atomic mass is 9.95. The maximum atomic E-state index is 13.8. The SMILES string of the molecule is CCOC(=O)C1=C(C)N=c2s/c(=C/c3ccc(-c4cccc(Cl)c4)o3)c(=O)n2[C@H]1c1ccc(OC)c(OC)c1. The van der Waals surface area contributed by atoms with Crippen molar-refractivity contribution in [2.45, 2.75) is 19.9 Å². The topological polar surface area (TPSA) is 92.3 Å². The molecule has 3 heterocycles. The maximum absolute atomic E-state index is 13.8. The number of thiazole rings is 1. The number of allylic oxidation sites excluding steroid dienone is 1. The van der Waals surface area contributed by atoms with Gasteiger partial charge >= 0.3 is 5.97 Å². The van der Waals surface area contributed by atoms with Crippen LogP contribution in [0, 0.1) is 0 Å². The van der Waals surface area contributed by atoms with Crippen LogP contribution in [0.2, 0.25) is 5.02 Å². The van der Waals surface area contributed by atoms with Gasteiger partial charge in [-0.15, -0.1) is 0 Å². The van der Waals surface area contributed by atoms with Crippen LogP contribution in [0.15, 0.2) is 80.1 Å². The van der Waals surface area contributed by atoms with Crippen LogP contribution in [0.4, 0.5) is 0 Å². The van der Waals surface area contributed by atoms with Gasteiger partial charge in [-0.05, 0) is 55.8 Å². The van der Waals surface area contributed by atoms with Gasteiger partial charge < -0.3 is 18.6 Å². The van der Waals surface area contributed by atoms with Crippen LogP contribution in [0.5, 0.6) is 11.5 Å². The first-order valence-electron chi connectivity index (χ1n) is 12.1. The Labute approximate surface area is 233 Å². The van der Waals surface area contributed by atoms with Crippen LogP contribution >= 0.6 is 22.9 Å². The Hall–Kier alpha value is -4.08. The number of esters is 1. The molecule has 1 aliphatic rings. The summed E-state index contributed by atoms with van der Waals surface area (Å²) < 4.78 is 24.1.